The number of hydrogen-bond donors (Lipinski definition) is 0. The largest absolute Gasteiger partial charge is 0.351 e. The van der Waals surface area contributed by atoms with Crippen LogP contribution in [0.15, 0.2) is 6.20 Å². The highest BCUT2D eigenvalue weighted by molar-refractivity contribution is 6.28. The number of likely N-dealkylation sites (N-methyl/N-ethyl adjacent to an activating group) is 1. The summed E-state index contributed by atoms with van der Waals surface area (Å²) in [6.07, 6.45) is 4.07. The Labute approximate surface area is 100 Å². The lowest BCUT2D eigenvalue weighted by Gasteiger charge is -2.27. The maximum Gasteiger partial charge on any atom is 0.244 e. The van der Waals surface area contributed by atoms with Gasteiger partial charge in [-0.1, -0.05) is 0 Å². The van der Waals surface area contributed by atoms with Gasteiger partial charge in [0.05, 0.1) is 6.20 Å². The first-order valence-corrected chi connectivity index (χ1v) is 5.81. The average molecular weight is 242 g/mol. The normalized spacial score (nSPS) is 20.8. The van der Waals surface area contributed by atoms with Crippen molar-refractivity contribution in [1.82, 2.24) is 20.1 Å². The van der Waals surface area contributed by atoms with Crippen LogP contribution in [0.25, 0.3) is 0 Å². The third kappa shape index (κ3) is 2.59. The summed E-state index contributed by atoms with van der Waals surface area (Å²) in [5.41, 5.74) is 0. The van der Waals surface area contributed by atoms with Crippen LogP contribution in [0, 0.1) is 0 Å². The lowest BCUT2D eigenvalue weighted by atomic mass is 10.2. The van der Waals surface area contributed by atoms with Crippen LogP contribution in [0.1, 0.15) is 12.8 Å². The molecule has 2 rings (SSSR count). The Hall–Kier alpha value is -0.940. The van der Waals surface area contributed by atoms with E-state index in [1.165, 1.54) is 12.8 Å². The molecule has 0 amide bonds. The van der Waals surface area contributed by atoms with Crippen LogP contribution >= 0.6 is 11.6 Å². The molecule has 0 aliphatic carbocycles. The van der Waals surface area contributed by atoms with E-state index in [2.05, 4.69) is 39.1 Å². The van der Waals surface area contributed by atoms with E-state index in [0.717, 1.165) is 18.9 Å². The van der Waals surface area contributed by atoms with Gasteiger partial charge in [0.2, 0.25) is 5.28 Å². The van der Waals surface area contributed by atoms with Gasteiger partial charge in [0.15, 0.2) is 5.82 Å². The van der Waals surface area contributed by atoms with Gasteiger partial charge >= 0.3 is 0 Å². The molecule has 0 radical (unpaired) electrons. The van der Waals surface area contributed by atoms with Crippen LogP contribution in [0.2, 0.25) is 5.28 Å². The number of nitrogens with zero attached hydrogens (tertiary/aromatic N) is 5. The Morgan fingerprint density at radius 2 is 2.38 bits per heavy atom. The minimum atomic E-state index is 0.216. The molecule has 2 heterocycles. The fourth-order valence-corrected chi connectivity index (χ4v) is 2.29. The van der Waals surface area contributed by atoms with Gasteiger partial charge in [-0.2, -0.15) is 10.1 Å². The van der Waals surface area contributed by atoms with Gasteiger partial charge < -0.3 is 9.80 Å². The molecule has 6 heteroatoms. The maximum absolute atomic E-state index is 5.75. The van der Waals surface area contributed by atoms with Crippen molar-refractivity contribution in [2.45, 2.75) is 18.9 Å². The van der Waals surface area contributed by atoms with Gasteiger partial charge in [-0.3, -0.25) is 0 Å². The summed E-state index contributed by atoms with van der Waals surface area (Å²) in [5, 5.41) is 7.72. The first-order chi connectivity index (χ1) is 7.66. The molecule has 16 heavy (non-hydrogen) atoms. The van der Waals surface area contributed by atoms with Gasteiger partial charge in [0, 0.05) is 19.1 Å². The van der Waals surface area contributed by atoms with E-state index in [1.807, 2.05) is 0 Å². The van der Waals surface area contributed by atoms with Crippen molar-refractivity contribution in [3.63, 3.8) is 0 Å². The summed E-state index contributed by atoms with van der Waals surface area (Å²) in [5.74, 6) is 0.837. The van der Waals surface area contributed by atoms with Crippen LogP contribution < -0.4 is 4.90 Å². The minimum absolute atomic E-state index is 0.216. The first kappa shape index (κ1) is 11.5. The molecule has 1 unspecified atom stereocenters. The quantitative estimate of drug-likeness (QED) is 0.792. The molecule has 1 fully saturated rings. The maximum atomic E-state index is 5.75. The number of anilines is 1. The SMILES string of the molecule is CN(C)CC1CCCN1c1cnnc(Cl)n1. The fraction of sp³-hybridized carbons (Fsp3) is 0.700. The van der Waals surface area contributed by atoms with E-state index in [4.69, 9.17) is 11.6 Å². The van der Waals surface area contributed by atoms with Crippen molar-refractivity contribution in [3.05, 3.63) is 11.5 Å². The van der Waals surface area contributed by atoms with Crippen molar-refractivity contribution in [1.29, 1.82) is 0 Å². The summed E-state index contributed by atoms with van der Waals surface area (Å²) in [4.78, 5) is 8.67. The van der Waals surface area contributed by atoms with Crippen molar-refractivity contribution in [3.8, 4) is 0 Å². The number of halogens is 1. The molecular formula is C10H16ClN5. The molecular weight excluding hydrogens is 226 g/mol. The number of rotatable bonds is 3. The molecule has 0 N–H and O–H groups in total. The van der Waals surface area contributed by atoms with Gasteiger partial charge in [0.1, 0.15) is 0 Å². The Morgan fingerprint density at radius 1 is 1.56 bits per heavy atom. The molecule has 0 spiro atoms. The van der Waals surface area contributed by atoms with Gasteiger partial charge in [-0.25, -0.2) is 0 Å². The van der Waals surface area contributed by atoms with E-state index in [0.29, 0.717) is 6.04 Å². The number of hydrogen-bond acceptors (Lipinski definition) is 5. The smallest absolute Gasteiger partial charge is 0.244 e. The zero-order valence-electron chi connectivity index (χ0n) is 9.60. The van der Waals surface area contributed by atoms with Crippen LogP contribution in [0.5, 0.6) is 0 Å². The number of aromatic nitrogens is 3. The zero-order valence-corrected chi connectivity index (χ0v) is 10.4. The summed E-state index contributed by atoms with van der Waals surface area (Å²) in [7, 11) is 4.17. The van der Waals surface area contributed by atoms with E-state index in [9.17, 15) is 0 Å². The monoisotopic (exact) mass is 241 g/mol. The Kier molecular flexibility index (Phi) is 3.56. The highest BCUT2D eigenvalue weighted by atomic mass is 35.5. The predicted molar refractivity (Wildman–Crippen MR) is 63.8 cm³/mol. The lowest BCUT2D eigenvalue weighted by molar-refractivity contribution is 0.371. The molecule has 1 saturated heterocycles. The topological polar surface area (TPSA) is 45.2 Å². The summed E-state index contributed by atoms with van der Waals surface area (Å²) >= 11 is 5.75. The highest BCUT2D eigenvalue weighted by Gasteiger charge is 2.26. The van der Waals surface area contributed by atoms with Gasteiger partial charge in [-0.05, 0) is 38.5 Å². The average Bonchev–Trinajstić information content (AvgIpc) is 2.65. The second-order valence-electron chi connectivity index (χ2n) is 4.34. The standard InChI is InChI=1S/C10H16ClN5/c1-15(2)7-8-4-3-5-16(8)9-6-12-14-10(11)13-9/h6,8H,3-5,7H2,1-2H3. The van der Waals surface area contributed by atoms with E-state index in [1.54, 1.807) is 6.20 Å². The second kappa shape index (κ2) is 4.93. The Bertz CT molecular complexity index is 357. The van der Waals surface area contributed by atoms with E-state index < -0.39 is 0 Å². The van der Waals surface area contributed by atoms with E-state index >= 15 is 0 Å². The molecule has 1 aliphatic rings. The molecule has 0 bridgehead atoms. The van der Waals surface area contributed by atoms with Crippen molar-refractivity contribution >= 4 is 17.4 Å². The van der Waals surface area contributed by atoms with Crippen molar-refractivity contribution < 1.29 is 0 Å². The van der Waals surface area contributed by atoms with E-state index in [-0.39, 0.29) is 5.28 Å². The molecule has 1 aromatic rings. The summed E-state index contributed by atoms with van der Waals surface area (Å²) < 4.78 is 0. The van der Waals surface area contributed by atoms with Crippen LogP contribution in [-0.2, 0) is 0 Å². The molecule has 1 aromatic heterocycles. The predicted octanol–water partition coefficient (Wildman–Crippen LogP) is 1.06. The minimum Gasteiger partial charge on any atom is -0.351 e. The molecule has 5 nitrogen and oxygen atoms in total. The molecule has 1 aliphatic heterocycles. The van der Waals surface area contributed by atoms with Gasteiger partial charge in [-0.15, -0.1) is 5.10 Å². The molecule has 1 atom stereocenters. The second-order valence-corrected chi connectivity index (χ2v) is 4.67. The lowest BCUT2D eigenvalue weighted by Crippen LogP contribution is -2.38. The third-order valence-electron chi connectivity index (χ3n) is 2.77. The van der Waals surface area contributed by atoms with Gasteiger partial charge in [0.25, 0.3) is 0 Å². The summed E-state index contributed by atoms with van der Waals surface area (Å²) in [6.45, 7) is 2.05. The highest BCUT2D eigenvalue weighted by Crippen LogP contribution is 2.23. The summed E-state index contributed by atoms with van der Waals surface area (Å²) in [6, 6.07) is 0.503. The van der Waals surface area contributed by atoms with Crippen molar-refractivity contribution in [2.75, 3.05) is 32.1 Å². The van der Waals surface area contributed by atoms with Crippen molar-refractivity contribution in [2.24, 2.45) is 0 Å². The zero-order chi connectivity index (χ0) is 11.5. The molecule has 0 saturated carbocycles. The Balaban J connectivity index is 2.13. The van der Waals surface area contributed by atoms with Crippen LogP contribution in [0.3, 0.4) is 0 Å². The molecule has 88 valence electrons. The van der Waals surface area contributed by atoms with Crippen LogP contribution in [0.4, 0.5) is 5.82 Å². The first-order valence-electron chi connectivity index (χ1n) is 5.43. The van der Waals surface area contributed by atoms with Crippen LogP contribution in [-0.4, -0.2) is 53.3 Å². The molecule has 0 aromatic carbocycles. The third-order valence-corrected chi connectivity index (χ3v) is 2.93. The Morgan fingerprint density at radius 3 is 3.06 bits per heavy atom. The fourth-order valence-electron chi connectivity index (χ4n) is 2.16.